The van der Waals surface area contributed by atoms with Gasteiger partial charge < -0.3 is 9.30 Å². The molecule has 1 N–H and O–H groups in total. The summed E-state index contributed by atoms with van der Waals surface area (Å²) in [6, 6.07) is 7.49. The van der Waals surface area contributed by atoms with Crippen molar-refractivity contribution in [3.8, 4) is 5.75 Å². The average molecular weight is 382 g/mol. The number of aromatic nitrogens is 4. The highest BCUT2D eigenvalue weighted by Gasteiger charge is 2.17. The molecule has 0 saturated carbocycles. The van der Waals surface area contributed by atoms with Crippen LogP contribution in [0.2, 0.25) is 0 Å². The van der Waals surface area contributed by atoms with Crippen molar-refractivity contribution in [3.63, 3.8) is 0 Å². The minimum atomic E-state index is -0.444. The number of anilines is 1. The Morgan fingerprint density at radius 3 is 2.54 bits per heavy atom. The van der Waals surface area contributed by atoms with Gasteiger partial charge in [-0.3, -0.25) is 13.9 Å². The lowest BCUT2D eigenvalue weighted by Gasteiger charge is -2.06. The van der Waals surface area contributed by atoms with E-state index >= 15 is 0 Å². The molecule has 0 fully saturated rings. The molecular formula is C19H22N6O3. The zero-order valence-corrected chi connectivity index (χ0v) is 16.3. The monoisotopic (exact) mass is 382 g/mol. The van der Waals surface area contributed by atoms with Gasteiger partial charge >= 0.3 is 5.69 Å². The number of nitrogens with zero attached hydrogens (tertiary/aromatic N) is 5. The van der Waals surface area contributed by atoms with Crippen LogP contribution in [0, 0.1) is 0 Å². The maximum Gasteiger partial charge on any atom is 0.332 e. The maximum atomic E-state index is 12.7. The van der Waals surface area contributed by atoms with Crippen LogP contribution in [0.1, 0.15) is 12.5 Å². The van der Waals surface area contributed by atoms with E-state index in [2.05, 4.69) is 22.1 Å². The molecule has 0 amide bonds. The molecular weight excluding hydrogens is 360 g/mol. The van der Waals surface area contributed by atoms with Crippen molar-refractivity contribution in [2.24, 2.45) is 19.2 Å². The van der Waals surface area contributed by atoms with Crippen LogP contribution in [0.5, 0.6) is 5.75 Å². The van der Waals surface area contributed by atoms with E-state index in [0.717, 1.165) is 21.6 Å². The van der Waals surface area contributed by atoms with Crippen molar-refractivity contribution in [3.05, 3.63) is 63.3 Å². The summed E-state index contributed by atoms with van der Waals surface area (Å²) in [5, 5.41) is 4.35. The Labute approximate surface area is 161 Å². The van der Waals surface area contributed by atoms with Crippen molar-refractivity contribution < 1.29 is 4.74 Å². The Morgan fingerprint density at radius 1 is 1.25 bits per heavy atom. The molecule has 0 aliphatic heterocycles. The number of nitrogens with one attached hydrogen (secondary N) is 1. The van der Waals surface area contributed by atoms with E-state index in [1.165, 1.54) is 10.6 Å². The first-order valence-electron chi connectivity index (χ1n) is 8.61. The van der Waals surface area contributed by atoms with Crippen LogP contribution >= 0.6 is 0 Å². The van der Waals surface area contributed by atoms with Gasteiger partial charge in [-0.2, -0.15) is 10.1 Å². The number of hydrazone groups is 1. The molecule has 0 saturated heterocycles. The Bertz CT molecular complexity index is 1180. The fourth-order valence-electron chi connectivity index (χ4n) is 2.86. The predicted octanol–water partition coefficient (Wildman–Crippen LogP) is 1.46. The number of allylic oxidation sites excluding steroid dienone is 1. The predicted molar refractivity (Wildman–Crippen MR) is 109 cm³/mol. The van der Waals surface area contributed by atoms with Crippen molar-refractivity contribution >= 4 is 22.8 Å². The van der Waals surface area contributed by atoms with Gasteiger partial charge in [0.25, 0.3) is 5.56 Å². The van der Waals surface area contributed by atoms with Crippen LogP contribution < -0.4 is 21.4 Å². The molecule has 2 aromatic heterocycles. The Balaban J connectivity index is 2.02. The smallest absolute Gasteiger partial charge is 0.332 e. The summed E-state index contributed by atoms with van der Waals surface area (Å²) in [7, 11) is 4.88. The molecule has 28 heavy (non-hydrogen) atoms. The van der Waals surface area contributed by atoms with Crippen molar-refractivity contribution in [1.82, 2.24) is 18.7 Å². The van der Waals surface area contributed by atoms with Crippen molar-refractivity contribution in [2.75, 3.05) is 12.5 Å². The fraction of sp³-hybridized carbons (Fsp3) is 0.263. The normalized spacial score (nSPS) is 11.6. The molecule has 0 bridgehead atoms. The number of imidazole rings is 1. The van der Waals surface area contributed by atoms with E-state index < -0.39 is 11.2 Å². The lowest BCUT2D eigenvalue weighted by molar-refractivity contribution is 0.415. The summed E-state index contributed by atoms with van der Waals surface area (Å²) in [5.74, 6) is 1.11. The lowest BCUT2D eigenvalue weighted by atomic mass is 10.1. The third-order valence-corrected chi connectivity index (χ3v) is 4.50. The first-order valence-corrected chi connectivity index (χ1v) is 8.61. The van der Waals surface area contributed by atoms with Gasteiger partial charge in [-0.05, 0) is 36.8 Å². The average Bonchev–Trinajstić information content (AvgIpc) is 3.04. The standard InChI is InChI=1S/C19H22N6O3/c1-6-11-25-17(26)15-16(24(4)19(25)27)20-18(23(15)3)22-21-12(2)13-7-9-14(28-5)10-8-13/h6-10H,1,11H2,2-5H3,(H,20,22)/b21-12-. The fourth-order valence-corrected chi connectivity index (χ4v) is 2.86. The number of rotatable bonds is 6. The molecule has 0 aliphatic carbocycles. The summed E-state index contributed by atoms with van der Waals surface area (Å²) in [5.41, 5.74) is 4.25. The Morgan fingerprint density at radius 2 is 1.93 bits per heavy atom. The molecule has 0 radical (unpaired) electrons. The third-order valence-electron chi connectivity index (χ3n) is 4.50. The van der Waals surface area contributed by atoms with Crippen molar-refractivity contribution in [2.45, 2.75) is 13.5 Å². The highest BCUT2D eigenvalue weighted by molar-refractivity contribution is 5.99. The van der Waals surface area contributed by atoms with Crippen molar-refractivity contribution in [1.29, 1.82) is 0 Å². The molecule has 146 valence electrons. The number of benzene rings is 1. The molecule has 0 aliphatic rings. The minimum Gasteiger partial charge on any atom is -0.497 e. The van der Waals surface area contributed by atoms with Crippen LogP contribution in [0.4, 0.5) is 5.95 Å². The summed E-state index contributed by atoms with van der Waals surface area (Å²) < 4.78 is 9.19. The van der Waals surface area contributed by atoms with Gasteiger partial charge in [0, 0.05) is 20.6 Å². The van der Waals surface area contributed by atoms with E-state index in [4.69, 9.17) is 4.74 Å². The molecule has 0 unspecified atom stereocenters. The molecule has 2 heterocycles. The highest BCUT2D eigenvalue weighted by Crippen LogP contribution is 2.15. The Hall–Kier alpha value is -3.62. The number of methoxy groups -OCH3 is 1. The summed E-state index contributed by atoms with van der Waals surface area (Å²) >= 11 is 0. The number of hydrogen-bond donors (Lipinski definition) is 1. The first kappa shape index (κ1) is 19.2. The topological polar surface area (TPSA) is 95.4 Å². The molecule has 9 heteroatoms. The molecule has 9 nitrogen and oxygen atoms in total. The zero-order chi connectivity index (χ0) is 20.4. The van der Waals surface area contributed by atoms with Gasteiger partial charge in [-0.15, -0.1) is 6.58 Å². The summed E-state index contributed by atoms with van der Waals surface area (Å²) in [6.45, 7) is 5.58. The first-order chi connectivity index (χ1) is 13.4. The van der Waals surface area contributed by atoms with Gasteiger partial charge in [0.2, 0.25) is 5.95 Å². The number of fused-ring (bicyclic) bond motifs is 1. The number of hydrogen-bond acceptors (Lipinski definition) is 6. The van der Waals surface area contributed by atoms with Crippen LogP contribution in [-0.4, -0.2) is 31.5 Å². The molecule has 1 aromatic carbocycles. The van der Waals surface area contributed by atoms with Gasteiger partial charge in [0.1, 0.15) is 5.75 Å². The second-order valence-electron chi connectivity index (χ2n) is 6.25. The quantitative estimate of drug-likeness (QED) is 0.396. The largest absolute Gasteiger partial charge is 0.497 e. The highest BCUT2D eigenvalue weighted by atomic mass is 16.5. The third kappa shape index (κ3) is 3.22. The van der Waals surface area contributed by atoms with Gasteiger partial charge in [-0.25, -0.2) is 10.2 Å². The maximum absolute atomic E-state index is 12.7. The second kappa shape index (κ2) is 7.55. The van der Waals surface area contributed by atoms with E-state index in [1.807, 2.05) is 31.2 Å². The molecule has 0 atom stereocenters. The van der Waals surface area contributed by atoms with E-state index in [0.29, 0.717) is 11.5 Å². The second-order valence-corrected chi connectivity index (χ2v) is 6.25. The lowest BCUT2D eigenvalue weighted by Crippen LogP contribution is -2.39. The summed E-state index contributed by atoms with van der Waals surface area (Å²) in [4.78, 5) is 29.5. The van der Waals surface area contributed by atoms with E-state index in [-0.39, 0.29) is 12.2 Å². The van der Waals surface area contributed by atoms with E-state index in [1.54, 1.807) is 25.8 Å². The minimum absolute atomic E-state index is 0.129. The molecule has 0 spiro atoms. The van der Waals surface area contributed by atoms with Gasteiger partial charge in [-0.1, -0.05) is 6.08 Å². The summed E-state index contributed by atoms with van der Waals surface area (Å²) in [6.07, 6.45) is 1.51. The number of aryl methyl sites for hydroxylation is 2. The Kier molecular flexibility index (Phi) is 5.16. The van der Waals surface area contributed by atoms with Gasteiger partial charge in [0.15, 0.2) is 11.2 Å². The van der Waals surface area contributed by atoms with Crippen LogP contribution in [0.25, 0.3) is 11.2 Å². The van der Waals surface area contributed by atoms with Crippen LogP contribution in [0.15, 0.2) is 51.6 Å². The van der Waals surface area contributed by atoms with Crippen LogP contribution in [-0.2, 0) is 20.6 Å². The van der Waals surface area contributed by atoms with E-state index in [9.17, 15) is 9.59 Å². The van der Waals surface area contributed by atoms with Gasteiger partial charge in [0.05, 0.1) is 12.8 Å². The molecule has 3 rings (SSSR count). The van der Waals surface area contributed by atoms with Crippen LogP contribution in [0.3, 0.4) is 0 Å². The molecule has 3 aromatic rings. The number of ether oxygens (including phenoxy) is 1. The zero-order valence-electron chi connectivity index (χ0n) is 16.3. The SMILES string of the molecule is C=CCn1c(=O)c2c(nc(N/N=C(/C)c3ccc(OC)cc3)n2C)n(C)c1=O.